The number of para-hydroxylation sites is 1. The first-order chi connectivity index (χ1) is 25.3. The topological polar surface area (TPSA) is 171 Å². The van der Waals surface area contributed by atoms with Gasteiger partial charge < -0.3 is 40.8 Å². The SMILES string of the molecule is C[C@H](NC(=O)[C@H](Cc1ccc(OCc2ccccc2)cc1)NC(=O)OC(C)(C)C)C(=O)N[C@@H](Cc1c[nH]c2ccccc12)C(=O)Nc1ccc(O)cc1. The number of anilines is 1. The summed E-state index contributed by atoms with van der Waals surface area (Å²) in [5.41, 5.74) is 3.06. The Bertz CT molecular complexity index is 2000. The third-order valence-corrected chi connectivity index (χ3v) is 8.24. The third-order valence-electron chi connectivity index (χ3n) is 8.24. The van der Waals surface area contributed by atoms with Crippen molar-refractivity contribution in [2.75, 3.05) is 5.32 Å². The Morgan fingerprint density at radius 3 is 2.08 bits per heavy atom. The maximum absolute atomic E-state index is 13.7. The van der Waals surface area contributed by atoms with Crippen molar-refractivity contribution >= 4 is 40.4 Å². The molecule has 12 heteroatoms. The van der Waals surface area contributed by atoms with E-state index in [-0.39, 0.29) is 18.6 Å². The van der Waals surface area contributed by atoms with E-state index >= 15 is 0 Å². The molecule has 5 aromatic rings. The molecule has 0 radical (unpaired) electrons. The van der Waals surface area contributed by atoms with E-state index in [9.17, 15) is 24.3 Å². The Balaban J connectivity index is 1.27. The minimum Gasteiger partial charge on any atom is -0.508 e. The number of H-pyrrole nitrogens is 1. The number of aromatic nitrogens is 1. The average Bonchev–Trinajstić information content (AvgIpc) is 3.53. The molecule has 5 rings (SSSR count). The van der Waals surface area contributed by atoms with E-state index < -0.39 is 47.5 Å². The highest BCUT2D eigenvalue weighted by atomic mass is 16.6. The van der Waals surface area contributed by atoms with Crippen molar-refractivity contribution in [2.24, 2.45) is 0 Å². The number of aromatic amines is 1. The lowest BCUT2D eigenvalue weighted by atomic mass is 10.0. The number of nitrogens with one attached hydrogen (secondary N) is 5. The van der Waals surface area contributed by atoms with Crippen LogP contribution in [0.4, 0.5) is 10.5 Å². The lowest BCUT2D eigenvalue weighted by molar-refractivity contribution is -0.131. The Labute approximate surface area is 308 Å². The minimum absolute atomic E-state index is 0.0422. The van der Waals surface area contributed by atoms with Crippen LogP contribution in [-0.4, -0.2) is 57.6 Å². The van der Waals surface area contributed by atoms with Crippen LogP contribution in [0.5, 0.6) is 11.5 Å². The van der Waals surface area contributed by atoms with E-state index in [1.165, 1.54) is 19.1 Å². The van der Waals surface area contributed by atoms with E-state index in [0.29, 0.717) is 18.0 Å². The lowest BCUT2D eigenvalue weighted by Crippen LogP contribution is -2.56. The van der Waals surface area contributed by atoms with Gasteiger partial charge in [0.2, 0.25) is 17.7 Å². The van der Waals surface area contributed by atoms with Crippen molar-refractivity contribution in [3.05, 3.63) is 126 Å². The first kappa shape index (κ1) is 37.9. The number of hydrogen-bond acceptors (Lipinski definition) is 7. The molecule has 0 aliphatic rings. The van der Waals surface area contributed by atoms with Crippen LogP contribution in [0.25, 0.3) is 10.9 Å². The molecule has 6 N–H and O–H groups in total. The molecule has 0 spiro atoms. The molecule has 0 aliphatic carbocycles. The normalized spacial score (nSPS) is 12.9. The number of hydrogen-bond donors (Lipinski definition) is 6. The van der Waals surface area contributed by atoms with Gasteiger partial charge >= 0.3 is 6.09 Å². The van der Waals surface area contributed by atoms with E-state index in [4.69, 9.17) is 9.47 Å². The van der Waals surface area contributed by atoms with Crippen LogP contribution in [0.2, 0.25) is 0 Å². The summed E-state index contributed by atoms with van der Waals surface area (Å²) in [5.74, 6) is -1.04. The van der Waals surface area contributed by atoms with Gasteiger partial charge in [-0.1, -0.05) is 60.7 Å². The van der Waals surface area contributed by atoms with Crippen molar-refractivity contribution in [3.8, 4) is 11.5 Å². The maximum Gasteiger partial charge on any atom is 0.408 e. The van der Waals surface area contributed by atoms with Gasteiger partial charge in [0.25, 0.3) is 0 Å². The van der Waals surface area contributed by atoms with Crippen LogP contribution >= 0.6 is 0 Å². The Kier molecular flexibility index (Phi) is 12.4. The first-order valence-corrected chi connectivity index (χ1v) is 17.3. The minimum atomic E-state index is -1.10. The molecule has 0 unspecified atom stereocenters. The summed E-state index contributed by atoms with van der Waals surface area (Å²) >= 11 is 0. The summed E-state index contributed by atoms with van der Waals surface area (Å²) in [7, 11) is 0. The molecule has 4 amide bonds. The first-order valence-electron chi connectivity index (χ1n) is 17.3. The van der Waals surface area contributed by atoms with Crippen molar-refractivity contribution in [3.63, 3.8) is 0 Å². The molecule has 0 aliphatic heterocycles. The van der Waals surface area contributed by atoms with Gasteiger partial charge in [0.1, 0.15) is 41.8 Å². The number of phenols is 1. The molecular weight excluding hydrogens is 674 g/mol. The van der Waals surface area contributed by atoms with Crippen molar-refractivity contribution < 1.29 is 33.8 Å². The number of phenolic OH excluding ortho intramolecular Hbond substituents is 1. The number of ether oxygens (including phenoxy) is 2. The highest BCUT2D eigenvalue weighted by Gasteiger charge is 2.29. The molecule has 1 heterocycles. The monoisotopic (exact) mass is 719 g/mol. The summed E-state index contributed by atoms with van der Waals surface area (Å²) in [5, 5.41) is 21.5. The molecule has 53 heavy (non-hydrogen) atoms. The Morgan fingerprint density at radius 2 is 1.38 bits per heavy atom. The number of benzene rings is 4. The number of aromatic hydroxyl groups is 1. The number of carbonyl (C=O) groups is 4. The van der Waals surface area contributed by atoms with Gasteiger partial charge in [0.15, 0.2) is 0 Å². The average molecular weight is 720 g/mol. The molecule has 0 fully saturated rings. The molecule has 276 valence electrons. The van der Waals surface area contributed by atoms with Crippen LogP contribution in [-0.2, 0) is 38.6 Å². The number of alkyl carbamates (subject to hydrolysis) is 1. The number of carbonyl (C=O) groups excluding carboxylic acids is 4. The van der Waals surface area contributed by atoms with Crippen LogP contribution in [0.3, 0.4) is 0 Å². The molecule has 4 aromatic carbocycles. The molecule has 12 nitrogen and oxygen atoms in total. The number of rotatable bonds is 14. The van der Waals surface area contributed by atoms with E-state index in [1.807, 2.05) is 54.6 Å². The van der Waals surface area contributed by atoms with Crippen molar-refractivity contribution in [1.29, 1.82) is 0 Å². The largest absolute Gasteiger partial charge is 0.508 e. The molecule has 0 bridgehead atoms. The second kappa shape index (κ2) is 17.3. The van der Waals surface area contributed by atoms with Gasteiger partial charge in [0, 0.05) is 35.6 Å². The lowest BCUT2D eigenvalue weighted by Gasteiger charge is -2.25. The summed E-state index contributed by atoms with van der Waals surface area (Å²) < 4.78 is 11.3. The van der Waals surface area contributed by atoms with Gasteiger partial charge in [-0.25, -0.2) is 4.79 Å². The van der Waals surface area contributed by atoms with Crippen LogP contribution < -0.4 is 26.0 Å². The standard InChI is InChI=1S/C41H45N5O7/c1-26(37(48)45-36(39(50)44-30-16-18-31(47)19-17-30)23-29-24-42-34-13-9-8-12-33(29)34)43-38(49)35(46-40(51)53-41(2,3)4)22-27-14-20-32(21-15-27)52-25-28-10-6-5-7-11-28/h5-21,24,26,35-36,42,47H,22-23,25H2,1-4H3,(H,43,49)(H,44,50)(H,45,48)(H,46,51)/t26-,35-,36-/m0/s1. The zero-order valence-corrected chi connectivity index (χ0v) is 30.1. The Hall–Kier alpha value is -6.30. The van der Waals surface area contributed by atoms with E-state index in [0.717, 1.165) is 27.6 Å². The highest BCUT2D eigenvalue weighted by Crippen LogP contribution is 2.21. The fraction of sp³-hybridized carbons (Fsp3) is 0.268. The number of amides is 4. The van der Waals surface area contributed by atoms with Gasteiger partial charge in [-0.15, -0.1) is 0 Å². The van der Waals surface area contributed by atoms with Gasteiger partial charge in [0.05, 0.1) is 0 Å². The van der Waals surface area contributed by atoms with Crippen LogP contribution in [0.1, 0.15) is 44.4 Å². The molecule has 0 saturated heterocycles. The van der Waals surface area contributed by atoms with E-state index in [2.05, 4.69) is 26.3 Å². The van der Waals surface area contributed by atoms with Gasteiger partial charge in [-0.3, -0.25) is 14.4 Å². The summed E-state index contributed by atoms with van der Waals surface area (Å²) in [6, 6.07) is 27.3. The molecule has 0 saturated carbocycles. The van der Waals surface area contributed by atoms with Crippen LogP contribution in [0, 0.1) is 0 Å². The smallest absolute Gasteiger partial charge is 0.408 e. The fourth-order valence-corrected chi connectivity index (χ4v) is 5.54. The van der Waals surface area contributed by atoms with Crippen LogP contribution in [0.15, 0.2) is 109 Å². The van der Waals surface area contributed by atoms with Crippen molar-refractivity contribution in [2.45, 2.75) is 70.9 Å². The zero-order chi connectivity index (χ0) is 38.0. The second-order valence-electron chi connectivity index (χ2n) is 13.7. The number of fused-ring (bicyclic) bond motifs is 1. The van der Waals surface area contributed by atoms with Crippen molar-refractivity contribution in [1.82, 2.24) is 20.9 Å². The maximum atomic E-state index is 13.7. The highest BCUT2D eigenvalue weighted by molar-refractivity contribution is 5.99. The molecule has 3 atom stereocenters. The fourth-order valence-electron chi connectivity index (χ4n) is 5.54. The molecular formula is C41H45N5O7. The van der Waals surface area contributed by atoms with Gasteiger partial charge in [-0.2, -0.15) is 0 Å². The van der Waals surface area contributed by atoms with E-state index in [1.54, 1.807) is 63.4 Å². The summed E-state index contributed by atoms with van der Waals surface area (Å²) in [6.45, 7) is 7.04. The predicted molar refractivity (Wildman–Crippen MR) is 202 cm³/mol. The Morgan fingerprint density at radius 1 is 0.717 bits per heavy atom. The second-order valence-corrected chi connectivity index (χ2v) is 13.7. The van der Waals surface area contributed by atoms with Gasteiger partial charge in [-0.05, 0) is 86.8 Å². The quantitative estimate of drug-likeness (QED) is 0.0793. The summed E-state index contributed by atoms with van der Waals surface area (Å²) in [4.78, 5) is 56.9. The molecule has 1 aromatic heterocycles. The summed E-state index contributed by atoms with van der Waals surface area (Å²) in [6.07, 6.45) is 1.24. The third kappa shape index (κ3) is 11.3. The zero-order valence-electron chi connectivity index (χ0n) is 30.1. The predicted octanol–water partition coefficient (Wildman–Crippen LogP) is 5.76.